The van der Waals surface area contributed by atoms with Gasteiger partial charge in [0.15, 0.2) is 0 Å². The lowest BCUT2D eigenvalue weighted by Gasteiger charge is -2.29. The van der Waals surface area contributed by atoms with Crippen molar-refractivity contribution < 1.29 is 4.79 Å². The molecule has 7 nitrogen and oxygen atoms in total. The van der Waals surface area contributed by atoms with Crippen LogP contribution in [0.1, 0.15) is 51.0 Å². The van der Waals surface area contributed by atoms with Gasteiger partial charge < -0.3 is 10.2 Å². The van der Waals surface area contributed by atoms with Crippen LogP contribution in [0.25, 0.3) is 11.4 Å². The van der Waals surface area contributed by atoms with Crippen LogP contribution in [-0.2, 0) is 4.79 Å². The number of carbonyl (C=O) groups is 1. The van der Waals surface area contributed by atoms with Gasteiger partial charge in [-0.2, -0.15) is 4.80 Å². The molecule has 7 heteroatoms. The molecule has 2 fully saturated rings. The van der Waals surface area contributed by atoms with Gasteiger partial charge in [0.1, 0.15) is 0 Å². The molecule has 0 radical (unpaired) electrons. The monoisotopic (exact) mass is 368 g/mol. The lowest BCUT2D eigenvalue weighted by molar-refractivity contribution is -0.123. The van der Waals surface area contributed by atoms with E-state index in [0.717, 1.165) is 44.2 Å². The second kappa shape index (κ2) is 8.17. The Bertz CT molecular complexity index is 753. The lowest BCUT2D eigenvalue weighted by atomic mass is 9.91. The number of nitrogens with zero attached hydrogens (tertiary/aromatic N) is 5. The van der Waals surface area contributed by atoms with Gasteiger partial charge in [0, 0.05) is 24.1 Å². The van der Waals surface area contributed by atoms with Crippen molar-refractivity contribution in [2.24, 2.45) is 0 Å². The summed E-state index contributed by atoms with van der Waals surface area (Å²) >= 11 is 0. The van der Waals surface area contributed by atoms with E-state index < -0.39 is 0 Å². The predicted molar refractivity (Wildman–Crippen MR) is 103 cm³/mol. The Hall–Kier alpha value is -2.28. The normalized spacial score (nSPS) is 26.2. The summed E-state index contributed by atoms with van der Waals surface area (Å²) in [6.07, 6.45) is 6.85. The van der Waals surface area contributed by atoms with E-state index in [1.165, 1.54) is 6.42 Å². The largest absolute Gasteiger partial charge is 0.353 e. The second-order valence-electron chi connectivity index (χ2n) is 7.85. The summed E-state index contributed by atoms with van der Waals surface area (Å²) in [5.74, 6) is 0.870. The number of rotatable bonds is 5. The summed E-state index contributed by atoms with van der Waals surface area (Å²) in [5.41, 5.74) is 0.988. The Morgan fingerprint density at radius 3 is 2.63 bits per heavy atom. The molecule has 1 aromatic carbocycles. The molecule has 1 unspecified atom stereocenters. The highest BCUT2D eigenvalue weighted by Crippen LogP contribution is 2.28. The third-order valence-electron chi connectivity index (χ3n) is 5.94. The number of tetrazole rings is 1. The second-order valence-corrected chi connectivity index (χ2v) is 7.85. The van der Waals surface area contributed by atoms with Crippen LogP contribution in [0.2, 0.25) is 0 Å². The first-order chi connectivity index (χ1) is 13.2. The van der Waals surface area contributed by atoms with Crippen LogP contribution >= 0.6 is 0 Å². The maximum atomic E-state index is 12.3. The van der Waals surface area contributed by atoms with Crippen molar-refractivity contribution in [3.63, 3.8) is 0 Å². The van der Waals surface area contributed by atoms with Crippen LogP contribution in [-0.4, -0.2) is 56.7 Å². The van der Waals surface area contributed by atoms with Gasteiger partial charge in [-0.1, -0.05) is 30.3 Å². The zero-order valence-electron chi connectivity index (χ0n) is 15.9. The molecule has 27 heavy (non-hydrogen) atoms. The molecule has 2 heterocycles. The number of likely N-dealkylation sites (tertiary alicyclic amines) is 1. The third-order valence-corrected chi connectivity index (χ3v) is 5.94. The van der Waals surface area contributed by atoms with E-state index >= 15 is 0 Å². The molecule has 0 bridgehead atoms. The molecule has 1 aliphatic carbocycles. The van der Waals surface area contributed by atoms with E-state index in [4.69, 9.17) is 0 Å². The molecule has 1 aromatic heterocycles. The molecule has 1 N–H and O–H groups in total. The highest BCUT2D eigenvalue weighted by Gasteiger charge is 2.28. The molecule has 1 saturated heterocycles. The van der Waals surface area contributed by atoms with Crippen molar-refractivity contribution >= 4 is 5.91 Å². The summed E-state index contributed by atoms with van der Waals surface area (Å²) in [7, 11) is 2.12. The van der Waals surface area contributed by atoms with Crippen molar-refractivity contribution in [2.45, 2.75) is 63.1 Å². The van der Waals surface area contributed by atoms with Crippen LogP contribution in [0, 0.1) is 0 Å². The van der Waals surface area contributed by atoms with Gasteiger partial charge >= 0.3 is 0 Å². The van der Waals surface area contributed by atoms with Gasteiger partial charge in [0.2, 0.25) is 11.7 Å². The molecule has 1 saturated carbocycles. The molecule has 2 aliphatic rings. The zero-order valence-corrected chi connectivity index (χ0v) is 15.9. The molecule has 0 spiro atoms. The predicted octanol–water partition coefficient (Wildman–Crippen LogP) is 2.42. The molecule has 144 valence electrons. The molecule has 2 aromatic rings. The molecule has 1 atom stereocenters. The number of amides is 1. The third kappa shape index (κ3) is 4.35. The van der Waals surface area contributed by atoms with Gasteiger partial charge in [-0.05, 0) is 57.3 Å². The minimum atomic E-state index is 0.197. The van der Waals surface area contributed by atoms with Gasteiger partial charge in [-0.3, -0.25) is 4.79 Å². The van der Waals surface area contributed by atoms with Crippen molar-refractivity contribution in [1.82, 2.24) is 30.4 Å². The summed E-state index contributed by atoms with van der Waals surface area (Å²) in [6.45, 7) is 1.11. The topological polar surface area (TPSA) is 75.9 Å². The molecule has 1 amide bonds. The van der Waals surface area contributed by atoms with Crippen LogP contribution in [0.3, 0.4) is 0 Å². The minimum Gasteiger partial charge on any atom is -0.353 e. The highest BCUT2D eigenvalue weighted by molar-refractivity contribution is 5.77. The Kier molecular flexibility index (Phi) is 5.48. The van der Waals surface area contributed by atoms with Gasteiger partial charge in [-0.15, -0.1) is 10.2 Å². The molecule has 4 rings (SSSR count). The van der Waals surface area contributed by atoms with Gasteiger partial charge in [0.05, 0.1) is 6.04 Å². The number of benzene rings is 1. The van der Waals surface area contributed by atoms with Crippen molar-refractivity contribution in [2.75, 3.05) is 13.6 Å². The number of aromatic nitrogens is 4. The molecular weight excluding hydrogens is 340 g/mol. The van der Waals surface area contributed by atoms with Crippen molar-refractivity contribution in [1.29, 1.82) is 0 Å². The fraction of sp³-hybridized carbons (Fsp3) is 0.600. The lowest BCUT2D eigenvalue weighted by Crippen LogP contribution is -2.40. The first kappa shape index (κ1) is 18.1. The smallest absolute Gasteiger partial charge is 0.221 e. The van der Waals surface area contributed by atoms with E-state index in [9.17, 15) is 4.79 Å². The SMILES string of the molecule is CN1CCCC1CC(=O)NC1CCC(n2nnc(-c3ccccc3)n2)CC1. The number of nitrogens with one attached hydrogen (secondary N) is 1. The standard InChI is InChI=1S/C20H28N6O/c1-25-13-5-8-18(25)14-19(27)21-16-9-11-17(12-10-16)26-23-20(22-24-26)15-6-3-2-4-7-15/h2-4,6-7,16-18H,5,8-14H2,1H3,(H,21,27). The van der Waals surface area contributed by atoms with Crippen LogP contribution < -0.4 is 5.32 Å². The molecule has 1 aliphatic heterocycles. The Labute approximate surface area is 160 Å². The number of hydrogen-bond acceptors (Lipinski definition) is 5. The Balaban J connectivity index is 1.27. The van der Waals surface area contributed by atoms with Crippen LogP contribution in [0.4, 0.5) is 0 Å². The van der Waals surface area contributed by atoms with Gasteiger partial charge in [-0.25, -0.2) is 0 Å². The Morgan fingerprint density at radius 1 is 1.15 bits per heavy atom. The number of carbonyl (C=O) groups excluding carboxylic acids is 1. The fourth-order valence-electron chi connectivity index (χ4n) is 4.27. The number of hydrogen-bond donors (Lipinski definition) is 1. The summed E-state index contributed by atoms with van der Waals surface area (Å²) in [5, 5.41) is 16.3. The quantitative estimate of drug-likeness (QED) is 0.877. The van der Waals surface area contributed by atoms with Crippen molar-refractivity contribution in [3.8, 4) is 11.4 Å². The maximum absolute atomic E-state index is 12.3. The van der Waals surface area contributed by atoms with Crippen molar-refractivity contribution in [3.05, 3.63) is 30.3 Å². The van der Waals surface area contributed by atoms with E-state index in [1.54, 1.807) is 4.80 Å². The summed E-state index contributed by atoms with van der Waals surface area (Å²) in [4.78, 5) is 16.4. The van der Waals surface area contributed by atoms with Crippen LogP contribution in [0.15, 0.2) is 30.3 Å². The summed E-state index contributed by atoms with van der Waals surface area (Å²) < 4.78 is 0. The first-order valence-electron chi connectivity index (χ1n) is 10.0. The zero-order chi connectivity index (χ0) is 18.6. The van der Waals surface area contributed by atoms with E-state index in [2.05, 4.69) is 32.7 Å². The maximum Gasteiger partial charge on any atom is 0.221 e. The van der Waals surface area contributed by atoms with Crippen LogP contribution in [0.5, 0.6) is 0 Å². The Morgan fingerprint density at radius 2 is 1.93 bits per heavy atom. The summed E-state index contributed by atoms with van der Waals surface area (Å²) in [6, 6.07) is 10.9. The van der Waals surface area contributed by atoms with E-state index in [-0.39, 0.29) is 18.0 Å². The fourth-order valence-corrected chi connectivity index (χ4v) is 4.27. The van der Waals surface area contributed by atoms with E-state index in [0.29, 0.717) is 18.3 Å². The average Bonchev–Trinajstić information content (AvgIpc) is 3.33. The van der Waals surface area contributed by atoms with E-state index in [1.807, 2.05) is 30.3 Å². The van der Waals surface area contributed by atoms with Gasteiger partial charge in [0.25, 0.3) is 0 Å². The highest BCUT2D eigenvalue weighted by atomic mass is 16.1. The minimum absolute atomic E-state index is 0.197. The molecular formula is C20H28N6O. The average molecular weight is 368 g/mol. The first-order valence-corrected chi connectivity index (χ1v) is 10.0.